The van der Waals surface area contributed by atoms with Crippen molar-refractivity contribution >= 4 is 17.6 Å². The van der Waals surface area contributed by atoms with Gasteiger partial charge in [-0.1, -0.05) is 6.92 Å². The van der Waals surface area contributed by atoms with Crippen molar-refractivity contribution in [2.75, 3.05) is 11.9 Å². The van der Waals surface area contributed by atoms with Crippen LogP contribution in [-0.2, 0) is 14.3 Å². The summed E-state index contributed by atoms with van der Waals surface area (Å²) in [5.41, 5.74) is -0.324. The third-order valence-electron chi connectivity index (χ3n) is 3.23. The van der Waals surface area contributed by atoms with Crippen LogP contribution in [0.25, 0.3) is 0 Å². The molecule has 0 aromatic heterocycles. The van der Waals surface area contributed by atoms with Crippen LogP contribution in [0.4, 0.5) is 5.69 Å². The number of esters is 1. The highest BCUT2D eigenvalue weighted by Crippen LogP contribution is 2.24. The third-order valence-corrected chi connectivity index (χ3v) is 3.23. The van der Waals surface area contributed by atoms with E-state index in [0.717, 1.165) is 0 Å². The Morgan fingerprint density at radius 2 is 2.05 bits per heavy atom. The van der Waals surface area contributed by atoms with Crippen LogP contribution < -0.4 is 10.1 Å². The van der Waals surface area contributed by atoms with E-state index < -0.39 is 11.6 Å². The Morgan fingerprint density at radius 1 is 1.36 bits per heavy atom. The van der Waals surface area contributed by atoms with Gasteiger partial charge in [0.1, 0.15) is 17.4 Å². The summed E-state index contributed by atoms with van der Waals surface area (Å²) in [5, 5.41) is 11.8. The molecular weight excluding hydrogens is 284 g/mol. The monoisotopic (exact) mass is 304 g/mol. The molecule has 0 aliphatic heterocycles. The quantitative estimate of drug-likeness (QED) is 0.644. The third kappa shape index (κ3) is 4.30. The van der Waals surface area contributed by atoms with Gasteiger partial charge in [-0.2, -0.15) is 5.26 Å². The lowest BCUT2D eigenvalue weighted by Gasteiger charge is -2.26. The number of anilines is 1. The van der Waals surface area contributed by atoms with Crippen LogP contribution >= 0.6 is 0 Å². The minimum Gasteiger partial charge on any atom is -0.425 e. The zero-order valence-corrected chi connectivity index (χ0v) is 13.2. The Kier molecular flexibility index (Phi) is 6.08. The average molecular weight is 304 g/mol. The van der Waals surface area contributed by atoms with E-state index in [1.807, 2.05) is 19.9 Å². The summed E-state index contributed by atoms with van der Waals surface area (Å²) in [4.78, 5) is 23.3. The van der Waals surface area contributed by atoms with E-state index in [1.165, 1.54) is 19.1 Å². The largest absolute Gasteiger partial charge is 0.425 e. The molecule has 0 saturated carbocycles. The Bertz CT molecular complexity index is 607. The van der Waals surface area contributed by atoms with E-state index >= 15 is 0 Å². The first-order chi connectivity index (χ1) is 10.4. The molecule has 0 unspecified atom stereocenters. The minimum absolute atomic E-state index is 0.163. The Hall–Kier alpha value is -2.39. The first kappa shape index (κ1) is 17.7. The van der Waals surface area contributed by atoms with Crippen LogP contribution in [0.3, 0.4) is 0 Å². The van der Waals surface area contributed by atoms with E-state index in [1.54, 1.807) is 13.0 Å². The molecule has 118 valence electrons. The molecule has 0 bridgehead atoms. The fraction of sp³-hybridized carbons (Fsp3) is 0.438. The number of carbonyl (C=O) groups excluding carboxylic acids is 2. The van der Waals surface area contributed by atoms with E-state index in [0.29, 0.717) is 18.7 Å². The number of nitrogens with zero attached hydrogens (tertiary/aromatic N) is 1. The Morgan fingerprint density at radius 3 is 2.55 bits per heavy atom. The minimum atomic E-state index is -0.934. The molecule has 1 rings (SSSR count). The number of nitriles is 1. The van der Waals surface area contributed by atoms with E-state index in [4.69, 9.17) is 14.7 Å². The lowest BCUT2D eigenvalue weighted by atomic mass is 10.0. The standard InChI is InChI=1S/C16H20N2O4/c1-5-16(4,21-6-2)15(20)18-13-7-8-14(22-11(3)19)12(9-13)10-17/h7-9H,5-6H2,1-4H3,(H,18,20)/t16-/m1/s1. The van der Waals surface area contributed by atoms with Gasteiger partial charge in [0.2, 0.25) is 0 Å². The number of ether oxygens (including phenoxy) is 2. The molecule has 1 aromatic carbocycles. The summed E-state index contributed by atoms with van der Waals surface area (Å²) in [5.74, 6) is -0.639. The predicted octanol–water partition coefficient (Wildman–Crippen LogP) is 2.63. The van der Waals surface area contributed by atoms with Gasteiger partial charge in [0, 0.05) is 19.2 Å². The van der Waals surface area contributed by atoms with Gasteiger partial charge in [-0.25, -0.2) is 0 Å². The first-order valence-electron chi connectivity index (χ1n) is 7.04. The van der Waals surface area contributed by atoms with Crippen molar-refractivity contribution in [1.82, 2.24) is 0 Å². The van der Waals surface area contributed by atoms with Crippen molar-refractivity contribution in [2.45, 2.75) is 39.7 Å². The van der Waals surface area contributed by atoms with E-state index in [2.05, 4.69) is 5.32 Å². The van der Waals surface area contributed by atoms with Crippen LogP contribution in [0.1, 0.15) is 39.7 Å². The number of amides is 1. The molecule has 6 heteroatoms. The normalized spacial score (nSPS) is 12.9. The van der Waals surface area contributed by atoms with Crippen molar-refractivity contribution in [1.29, 1.82) is 5.26 Å². The lowest BCUT2D eigenvalue weighted by Crippen LogP contribution is -2.42. The smallest absolute Gasteiger partial charge is 0.308 e. The molecule has 0 heterocycles. The highest BCUT2D eigenvalue weighted by atomic mass is 16.5. The summed E-state index contributed by atoms with van der Waals surface area (Å²) in [6, 6.07) is 6.43. The summed E-state index contributed by atoms with van der Waals surface area (Å²) in [6.07, 6.45) is 0.517. The van der Waals surface area contributed by atoms with Crippen molar-refractivity contribution in [3.63, 3.8) is 0 Å². The van der Waals surface area contributed by atoms with Gasteiger partial charge in [0.05, 0.1) is 5.56 Å². The Labute approximate surface area is 130 Å². The second-order valence-corrected chi connectivity index (χ2v) is 4.89. The summed E-state index contributed by atoms with van der Waals surface area (Å²) >= 11 is 0. The molecule has 0 saturated heterocycles. The van der Waals surface area contributed by atoms with Gasteiger partial charge in [-0.3, -0.25) is 9.59 Å². The molecular formula is C16H20N2O4. The number of hydrogen-bond donors (Lipinski definition) is 1. The van der Waals surface area contributed by atoms with Crippen molar-refractivity contribution < 1.29 is 19.1 Å². The maximum atomic E-state index is 12.3. The van der Waals surface area contributed by atoms with Gasteiger partial charge in [-0.05, 0) is 38.5 Å². The van der Waals surface area contributed by atoms with E-state index in [-0.39, 0.29) is 17.2 Å². The lowest BCUT2D eigenvalue weighted by molar-refractivity contribution is -0.139. The van der Waals surface area contributed by atoms with Crippen LogP contribution in [0.15, 0.2) is 18.2 Å². The van der Waals surface area contributed by atoms with Gasteiger partial charge >= 0.3 is 5.97 Å². The second kappa shape index (κ2) is 7.57. The summed E-state index contributed by atoms with van der Waals surface area (Å²) in [6.45, 7) is 7.07. The number of carbonyl (C=O) groups is 2. The van der Waals surface area contributed by atoms with Gasteiger partial charge < -0.3 is 14.8 Å². The van der Waals surface area contributed by atoms with E-state index in [9.17, 15) is 9.59 Å². The van der Waals surface area contributed by atoms with Crippen molar-refractivity contribution in [3.8, 4) is 11.8 Å². The zero-order chi connectivity index (χ0) is 16.8. The Balaban J connectivity index is 2.97. The number of benzene rings is 1. The molecule has 0 fully saturated rings. The molecule has 1 aromatic rings. The van der Waals surface area contributed by atoms with Crippen molar-refractivity contribution in [3.05, 3.63) is 23.8 Å². The second-order valence-electron chi connectivity index (χ2n) is 4.89. The van der Waals surface area contributed by atoms with Crippen LogP contribution in [0.5, 0.6) is 5.75 Å². The van der Waals surface area contributed by atoms with Crippen LogP contribution in [-0.4, -0.2) is 24.1 Å². The molecule has 1 atom stereocenters. The molecule has 6 nitrogen and oxygen atoms in total. The first-order valence-corrected chi connectivity index (χ1v) is 7.04. The maximum absolute atomic E-state index is 12.3. The number of rotatable bonds is 6. The van der Waals surface area contributed by atoms with Gasteiger partial charge in [-0.15, -0.1) is 0 Å². The van der Waals surface area contributed by atoms with Gasteiger partial charge in [0.15, 0.2) is 0 Å². The zero-order valence-electron chi connectivity index (χ0n) is 13.2. The van der Waals surface area contributed by atoms with Crippen LogP contribution in [0, 0.1) is 11.3 Å². The maximum Gasteiger partial charge on any atom is 0.308 e. The van der Waals surface area contributed by atoms with Gasteiger partial charge in [0.25, 0.3) is 5.91 Å². The fourth-order valence-electron chi connectivity index (χ4n) is 1.85. The predicted molar refractivity (Wildman–Crippen MR) is 81.4 cm³/mol. The number of nitrogens with one attached hydrogen (secondary N) is 1. The molecule has 0 aliphatic carbocycles. The summed E-state index contributed by atoms with van der Waals surface area (Å²) in [7, 11) is 0. The van der Waals surface area contributed by atoms with Crippen LogP contribution in [0.2, 0.25) is 0 Å². The number of hydrogen-bond acceptors (Lipinski definition) is 5. The highest BCUT2D eigenvalue weighted by molar-refractivity contribution is 5.97. The topological polar surface area (TPSA) is 88.4 Å². The molecule has 0 radical (unpaired) electrons. The highest BCUT2D eigenvalue weighted by Gasteiger charge is 2.31. The molecule has 22 heavy (non-hydrogen) atoms. The SMILES string of the molecule is CCO[C@](C)(CC)C(=O)Nc1ccc(OC(C)=O)c(C#N)c1. The average Bonchev–Trinajstić information content (AvgIpc) is 2.48. The fourth-order valence-corrected chi connectivity index (χ4v) is 1.85. The molecule has 0 aliphatic rings. The van der Waals surface area contributed by atoms with Crippen molar-refractivity contribution in [2.24, 2.45) is 0 Å². The molecule has 1 amide bonds. The summed E-state index contributed by atoms with van der Waals surface area (Å²) < 4.78 is 10.4. The molecule has 1 N–H and O–H groups in total. The molecule has 0 spiro atoms.